The molecule has 0 radical (unpaired) electrons. The number of hydrogen-bond acceptors (Lipinski definition) is 5. The van der Waals surface area contributed by atoms with E-state index in [4.69, 9.17) is 0 Å². The first kappa shape index (κ1) is 21.6. The molecule has 0 aliphatic heterocycles. The summed E-state index contributed by atoms with van der Waals surface area (Å²) in [6.07, 6.45) is -0.0216. The molecular weight excluding hydrogens is 396 g/mol. The summed E-state index contributed by atoms with van der Waals surface area (Å²) in [5, 5.41) is 26.1. The van der Waals surface area contributed by atoms with Gasteiger partial charge in [0, 0.05) is 5.56 Å². The first-order valence-electron chi connectivity index (χ1n) is 9.60. The number of anilines is 1. The molecule has 0 aromatic heterocycles. The smallest absolute Gasteiger partial charge is 0.255 e. The van der Waals surface area contributed by atoms with Crippen molar-refractivity contribution in [3.8, 4) is 5.75 Å². The molecule has 0 saturated heterocycles. The average molecular weight is 417 g/mol. The van der Waals surface area contributed by atoms with Crippen LogP contribution >= 0.6 is 0 Å². The van der Waals surface area contributed by atoms with Crippen molar-refractivity contribution in [2.75, 3.05) is 5.32 Å². The number of carbonyl (C=O) groups excluding carboxylic acids is 3. The van der Waals surface area contributed by atoms with Crippen LogP contribution < -0.4 is 15.7 Å². The second kappa shape index (κ2) is 9.58. The normalized spacial score (nSPS) is 11.4. The van der Waals surface area contributed by atoms with E-state index in [9.17, 15) is 24.6 Å². The quantitative estimate of drug-likeness (QED) is 0.544. The van der Waals surface area contributed by atoms with Gasteiger partial charge in [-0.2, -0.15) is 0 Å². The molecule has 0 heterocycles. The molecule has 3 aromatic carbocycles. The third kappa shape index (κ3) is 5.70. The Balaban J connectivity index is 1.76. The van der Waals surface area contributed by atoms with E-state index in [1.165, 1.54) is 18.2 Å². The molecule has 0 saturated carbocycles. The second-order valence-corrected chi connectivity index (χ2v) is 7.08. The van der Waals surface area contributed by atoms with Crippen LogP contribution in [0.2, 0.25) is 0 Å². The summed E-state index contributed by atoms with van der Waals surface area (Å²) >= 11 is 0. The number of rotatable bonds is 7. The molecule has 1 atom stereocenters. The topological polar surface area (TPSA) is 119 Å². The summed E-state index contributed by atoms with van der Waals surface area (Å²) in [6.45, 7) is 1.91. The highest BCUT2D eigenvalue weighted by Crippen LogP contribution is 2.18. The Kier molecular flexibility index (Phi) is 6.67. The molecule has 31 heavy (non-hydrogen) atoms. The number of benzene rings is 3. The number of aliphatic carboxylic acids is 1. The lowest BCUT2D eigenvalue weighted by molar-refractivity contribution is -0.308. The van der Waals surface area contributed by atoms with E-state index >= 15 is 0 Å². The molecule has 7 heteroatoms. The van der Waals surface area contributed by atoms with Crippen LogP contribution in [-0.2, 0) is 11.2 Å². The van der Waals surface area contributed by atoms with Crippen molar-refractivity contribution in [3.63, 3.8) is 0 Å². The molecule has 3 aromatic rings. The first-order chi connectivity index (χ1) is 14.8. The van der Waals surface area contributed by atoms with Gasteiger partial charge in [-0.3, -0.25) is 9.59 Å². The van der Waals surface area contributed by atoms with Crippen LogP contribution in [-0.4, -0.2) is 28.9 Å². The third-order valence-electron chi connectivity index (χ3n) is 4.70. The summed E-state index contributed by atoms with van der Waals surface area (Å²) < 4.78 is 0. The molecule has 2 amide bonds. The first-order valence-corrected chi connectivity index (χ1v) is 9.60. The second-order valence-electron chi connectivity index (χ2n) is 7.08. The van der Waals surface area contributed by atoms with Crippen LogP contribution in [0.5, 0.6) is 5.75 Å². The van der Waals surface area contributed by atoms with Crippen molar-refractivity contribution in [3.05, 3.63) is 95.1 Å². The van der Waals surface area contributed by atoms with Gasteiger partial charge in [0.2, 0.25) is 0 Å². The zero-order valence-electron chi connectivity index (χ0n) is 16.8. The van der Waals surface area contributed by atoms with Gasteiger partial charge in [0.15, 0.2) is 0 Å². The van der Waals surface area contributed by atoms with Crippen molar-refractivity contribution in [2.24, 2.45) is 0 Å². The Hall–Kier alpha value is -4.13. The number of aryl methyl sites for hydroxylation is 1. The molecule has 0 unspecified atom stereocenters. The Morgan fingerprint density at radius 3 is 2.19 bits per heavy atom. The number of amides is 2. The van der Waals surface area contributed by atoms with Crippen molar-refractivity contribution < 1.29 is 24.6 Å². The maximum atomic E-state index is 12.8. The molecular formula is C24H21N2O5-. The molecule has 0 spiro atoms. The number of nitrogens with one attached hydrogen (secondary N) is 2. The Labute approximate surface area is 179 Å². The molecule has 0 bridgehead atoms. The van der Waals surface area contributed by atoms with Crippen LogP contribution in [0.4, 0.5) is 5.69 Å². The number of phenols is 1. The Morgan fingerprint density at radius 1 is 0.903 bits per heavy atom. The highest BCUT2D eigenvalue weighted by atomic mass is 16.4. The van der Waals surface area contributed by atoms with Crippen molar-refractivity contribution >= 4 is 23.5 Å². The van der Waals surface area contributed by atoms with Crippen molar-refractivity contribution in [1.82, 2.24) is 5.32 Å². The van der Waals surface area contributed by atoms with E-state index in [0.717, 1.165) is 5.56 Å². The van der Waals surface area contributed by atoms with Gasteiger partial charge in [0.25, 0.3) is 11.8 Å². The lowest BCUT2D eigenvalue weighted by atomic mass is 10.0. The van der Waals surface area contributed by atoms with Crippen LogP contribution in [0.25, 0.3) is 0 Å². The Bertz CT molecular complexity index is 1090. The SMILES string of the molecule is Cc1ccc(C(=O)Nc2ccccc2C(=O)N[C@H](Cc2ccc(O)cc2)C(=O)[O-])cc1. The number of phenolic OH excluding ortho intramolecular Hbond substituents is 1. The van der Waals surface area contributed by atoms with Crippen molar-refractivity contribution in [2.45, 2.75) is 19.4 Å². The summed E-state index contributed by atoms with van der Waals surface area (Å²) in [5.74, 6) is -2.44. The van der Waals surface area contributed by atoms with E-state index in [-0.39, 0.29) is 29.3 Å². The minimum atomic E-state index is -1.44. The number of hydrogen-bond donors (Lipinski definition) is 3. The summed E-state index contributed by atoms with van der Waals surface area (Å²) in [5.41, 5.74) is 2.43. The van der Waals surface area contributed by atoms with E-state index < -0.39 is 17.9 Å². The van der Waals surface area contributed by atoms with Crippen LogP contribution in [0.3, 0.4) is 0 Å². The molecule has 0 fully saturated rings. The van der Waals surface area contributed by atoms with E-state index in [1.807, 2.05) is 6.92 Å². The standard InChI is InChI=1S/C24H22N2O5/c1-15-6-10-17(11-7-15)22(28)25-20-5-3-2-4-19(20)23(29)26-21(24(30)31)14-16-8-12-18(27)13-9-16/h2-13,21,27H,14H2,1H3,(H,25,28)(H,26,29)(H,30,31)/p-1/t21-/m1/s1. The molecule has 158 valence electrons. The fourth-order valence-electron chi connectivity index (χ4n) is 2.99. The predicted octanol–water partition coefficient (Wildman–Crippen LogP) is 2.04. The van der Waals surface area contributed by atoms with E-state index in [0.29, 0.717) is 11.1 Å². The zero-order valence-corrected chi connectivity index (χ0v) is 16.8. The fourth-order valence-corrected chi connectivity index (χ4v) is 2.99. The Morgan fingerprint density at radius 2 is 1.55 bits per heavy atom. The molecule has 0 aliphatic carbocycles. The lowest BCUT2D eigenvalue weighted by Crippen LogP contribution is -2.49. The largest absolute Gasteiger partial charge is 0.548 e. The maximum absolute atomic E-state index is 12.8. The molecule has 0 aliphatic rings. The number of carboxylic acids is 1. The van der Waals surface area contributed by atoms with Gasteiger partial charge in [-0.15, -0.1) is 0 Å². The van der Waals surface area contributed by atoms with Gasteiger partial charge >= 0.3 is 0 Å². The van der Waals surface area contributed by atoms with Gasteiger partial charge < -0.3 is 25.6 Å². The maximum Gasteiger partial charge on any atom is 0.255 e. The molecule has 3 rings (SSSR count). The van der Waals surface area contributed by atoms with Gasteiger partial charge in [-0.1, -0.05) is 42.0 Å². The van der Waals surface area contributed by atoms with Crippen LogP contribution in [0.15, 0.2) is 72.8 Å². The van der Waals surface area contributed by atoms with E-state index in [2.05, 4.69) is 10.6 Å². The number of carboxylic acid groups (broad SMARTS) is 1. The van der Waals surface area contributed by atoms with Crippen molar-refractivity contribution in [1.29, 1.82) is 0 Å². The highest BCUT2D eigenvalue weighted by molar-refractivity contribution is 6.09. The zero-order chi connectivity index (χ0) is 22.4. The minimum absolute atomic E-state index is 0.0216. The monoisotopic (exact) mass is 417 g/mol. The molecule has 3 N–H and O–H groups in total. The van der Waals surface area contributed by atoms with Gasteiger partial charge in [-0.05, 0) is 55.3 Å². The van der Waals surface area contributed by atoms with E-state index in [1.54, 1.807) is 54.6 Å². The number of carbonyl (C=O) groups is 3. The van der Waals surface area contributed by atoms with Gasteiger partial charge in [-0.25, -0.2) is 0 Å². The van der Waals surface area contributed by atoms with Gasteiger partial charge in [0.05, 0.1) is 23.3 Å². The molecule has 7 nitrogen and oxygen atoms in total. The van der Waals surface area contributed by atoms with Crippen LogP contribution in [0, 0.1) is 6.92 Å². The summed E-state index contributed by atoms with van der Waals surface area (Å²) in [7, 11) is 0. The number of aromatic hydroxyl groups is 1. The predicted molar refractivity (Wildman–Crippen MR) is 114 cm³/mol. The summed E-state index contributed by atoms with van der Waals surface area (Å²) in [4.78, 5) is 36.9. The highest BCUT2D eigenvalue weighted by Gasteiger charge is 2.19. The third-order valence-corrected chi connectivity index (χ3v) is 4.70. The lowest BCUT2D eigenvalue weighted by Gasteiger charge is -2.21. The average Bonchev–Trinajstić information content (AvgIpc) is 2.75. The number of para-hydroxylation sites is 1. The fraction of sp³-hybridized carbons (Fsp3) is 0.125. The minimum Gasteiger partial charge on any atom is -0.548 e. The summed E-state index contributed by atoms with van der Waals surface area (Å²) in [6, 6.07) is 18.0. The van der Waals surface area contributed by atoms with Gasteiger partial charge in [0.1, 0.15) is 5.75 Å². The van der Waals surface area contributed by atoms with Crippen LogP contribution in [0.1, 0.15) is 31.8 Å².